The Balaban J connectivity index is 1.41. The summed E-state index contributed by atoms with van der Waals surface area (Å²) in [4.78, 5) is 14.4. The van der Waals surface area contributed by atoms with E-state index in [9.17, 15) is 4.79 Å². The van der Waals surface area contributed by atoms with E-state index in [0.717, 1.165) is 30.9 Å². The molecular formula is C19H19ClN4O2. The van der Waals surface area contributed by atoms with Crippen LogP contribution in [0.15, 0.2) is 48.7 Å². The van der Waals surface area contributed by atoms with Crippen molar-refractivity contribution in [1.29, 1.82) is 0 Å². The number of halogens is 1. The molecule has 1 saturated heterocycles. The zero-order valence-electron chi connectivity index (χ0n) is 14.2. The van der Waals surface area contributed by atoms with E-state index in [4.69, 9.17) is 16.3 Å². The number of ether oxygens (including phenoxy) is 1. The lowest BCUT2D eigenvalue weighted by Gasteiger charge is -2.31. The minimum Gasteiger partial charge on any atom is -0.484 e. The van der Waals surface area contributed by atoms with Gasteiger partial charge in [0.1, 0.15) is 11.6 Å². The molecule has 2 aromatic heterocycles. The van der Waals surface area contributed by atoms with Crippen molar-refractivity contribution >= 4 is 23.2 Å². The summed E-state index contributed by atoms with van der Waals surface area (Å²) >= 11 is 5.86. The van der Waals surface area contributed by atoms with Crippen LogP contribution < -0.4 is 4.74 Å². The van der Waals surface area contributed by atoms with Gasteiger partial charge in [0.15, 0.2) is 12.3 Å². The summed E-state index contributed by atoms with van der Waals surface area (Å²) in [6, 6.07) is 12.9. The lowest BCUT2D eigenvalue weighted by Crippen LogP contribution is -2.42. The molecule has 0 aliphatic carbocycles. The number of rotatable bonds is 4. The van der Waals surface area contributed by atoms with E-state index in [1.54, 1.807) is 24.3 Å². The van der Waals surface area contributed by atoms with Gasteiger partial charge in [-0.25, -0.2) is 0 Å². The van der Waals surface area contributed by atoms with Crippen molar-refractivity contribution in [2.45, 2.75) is 18.8 Å². The normalized spacial score (nSPS) is 17.4. The van der Waals surface area contributed by atoms with Gasteiger partial charge in [0, 0.05) is 30.2 Å². The van der Waals surface area contributed by atoms with Crippen molar-refractivity contribution in [3.63, 3.8) is 0 Å². The highest BCUT2D eigenvalue weighted by Crippen LogP contribution is 2.26. The van der Waals surface area contributed by atoms with Gasteiger partial charge in [0.05, 0.1) is 0 Å². The molecule has 4 rings (SSSR count). The third kappa shape index (κ3) is 3.51. The van der Waals surface area contributed by atoms with E-state index < -0.39 is 0 Å². The molecule has 0 radical (unpaired) electrons. The number of carbonyl (C=O) groups excluding carboxylic acids is 1. The molecule has 3 heterocycles. The molecule has 1 aliphatic heterocycles. The molecule has 3 aromatic rings. The Morgan fingerprint density at radius 2 is 2.04 bits per heavy atom. The number of nitrogens with zero attached hydrogens (tertiary/aromatic N) is 4. The van der Waals surface area contributed by atoms with E-state index in [2.05, 4.69) is 10.2 Å². The van der Waals surface area contributed by atoms with Crippen LogP contribution in [0.25, 0.3) is 5.65 Å². The minimum absolute atomic E-state index is 0.0153. The number of hydrogen-bond acceptors (Lipinski definition) is 4. The average molecular weight is 371 g/mol. The van der Waals surface area contributed by atoms with Crippen LogP contribution in [-0.2, 0) is 4.79 Å². The first-order chi connectivity index (χ1) is 12.7. The van der Waals surface area contributed by atoms with Crippen molar-refractivity contribution in [3.05, 3.63) is 59.5 Å². The number of benzene rings is 1. The monoisotopic (exact) mass is 370 g/mol. The standard InChI is InChI=1S/C19H19ClN4O2/c20-15-6-8-16(9-7-15)26-13-18(25)23-10-3-4-14(12-23)19-22-21-17-5-1-2-11-24(17)19/h1-2,5-9,11,14H,3-4,10,12-13H2. The first-order valence-corrected chi connectivity index (χ1v) is 9.04. The van der Waals surface area contributed by atoms with E-state index in [0.29, 0.717) is 17.3 Å². The van der Waals surface area contributed by atoms with Gasteiger partial charge in [-0.15, -0.1) is 10.2 Å². The van der Waals surface area contributed by atoms with Crippen molar-refractivity contribution in [3.8, 4) is 5.75 Å². The SMILES string of the molecule is O=C(COc1ccc(Cl)cc1)N1CCCC(c2nnc3ccccn23)C1. The summed E-state index contributed by atoms with van der Waals surface area (Å²) in [5, 5.41) is 9.21. The van der Waals surface area contributed by atoms with Gasteiger partial charge in [-0.1, -0.05) is 17.7 Å². The van der Waals surface area contributed by atoms with Crippen molar-refractivity contribution in [1.82, 2.24) is 19.5 Å². The number of piperidine rings is 1. The number of amides is 1. The van der Waals surface area contributed by atoms with Gasteiger partial charge in [0.25, 0.3) is 5.91 Å². The van der Waals surface area contributed by atoms with Gasteiger partial charge in [-0.3, -0.25) is 9.20 Å². The lowest BCUT2D eigenvalue weighted by atomic mass is 9.97. The summed E-state index contributed by atoms with van der Waals surface area (Å²) < 4.78 is 7.59. The Bertz CT molecular complexity index is 909. The fourth-order valence-corrected chi connectivity index (χ4v) is 3.45. The smallest absolute Gasteiger partial charge is 0.260 e. The Morgan fingerprint density at radius 3 is 2.88 bits per heavy atom. The van der Waals surface area contributed by atoms with Gasteiger partial charge >= 0.3 is 0 Å². The van der Waals surface area contributed by atoms with Crippen LogP contribution in [0, 0.1) is 0 Å². The summed E-state index contributed by atoms with van der Waals surface area (Å²) in [7, 11) is 0. The first-order valence-electron chi connectivity index (χ1n) is 8.66. The van der Waals surface area contributed by atoms with E-state index >= 15 is 0 Å². The highest BCUT2D eigenvalue weighted by Gasteiger charge is 2.28. The molecule has 26 heavy (non-hydrogen) atoms. The highest BCUT2D eigenvalue weighted by molar-refractivity contribution is 6.30. The maximum atomic E-state index is 12.5. The number of hydrogen-bond donors (Lipinski definition) is 0. The van der Waals surface area contributed by atoms with Crippen LogP contribution in [0.2, 0.25) is 5.02 Å². The third-order valence-electron chi connectivity index (χ3n) is 4.66. The molecule has 1 aliphatic rings. The van der Waals surface area contributed by atoms with Crippen LogP contribution in [0.1, 0.15) is 24.6 Å². The molecule has 0 bridgehead atoms. The summed E-state index contributed by atoms with van der Waals surface area (Å²) in [6.45, 7) is 1.41. The quantitative estimate of drug-likeness (QED) is 0.707. The summed E-state index contributed by atoms with van der Waals surface area (Å²) in [5.41, 5.74) is 0.831. The van der Waals surface area contributed by atoms with Crippen LogP contribution in [0.3, 0.4) is 0 Å². The second-order valence-corrected chi connectivity index (χ2v) is 6.84. The molecular weight excluding hydrogens is 352 g/mol. The Kier molecular flexibility index (Phi) is 4.75. The zero-order chi connectivity index (χ0) is 17.9. The van der Waals surface area contributed by atoms with Crippen LogP contribution in [0.5, 0.6) is 5.75 Å². The van der Waals surface area contributed by atoms with E-state index in [1.165, 1.54) is 0 Å². The fourth-order valence-electron chi connectivity index (χ4n) is 3.32. The van der Waals surface area contributed by atoms with Gasteiger partial charge in [-0.2, -0.15) is 0 Å². The second-order valence-electron chi connectivity index (χ2n) is 6.41. The van der Waals surface area contributed by atoms with Crippen LogP contribution >= 0.6 is 11.6 Å². The Morgan fingerprint density at radius 1 is 1.19 bits per heavy atom. The average Bonchev–Trinajstić information content (AvgIpc) is 3.11. The van der Waals surface area contributed by atoms with Crippen molar-refractivity contribution < 1.29 is 9.53 Å². The second kappa shape index (κ2) is 7.33. The fraction of sp³-hybridized carbons (Fsp3) is 0.316. The molecule has 1 aromatic carbocycles. The number of pyridine rings is 1. The molecule has 1 atom stereocenters. The molecule has 0 spiro atoms. The number of likely N-dealkylation sites (tertiary alicyclic amines) is 1. The maximum Gasteiger partial charge on any atom is 0.260 e. The topological polar surface area (TPSA) is 59.7 Å². The number of aromatic nitrogens is 3. The molecule has 0 N–H and O–H groups in total. The van der Waals surface area contributed by atoms with Crippen molar-refractivity contribution in [2.75, 3.05) is 19.7 Å². The molecule has 7 heteroatoms. The molecule has 134 valence electrons. The Labute approximate surface area is 156 Å². The predicted octanol–water partition coefficient (Wildman–Crippen LogP) is 3.17. The molecule has 1 unspecified atom stereocenters. The first kappa shape index (κ1) is 16.8. The van der Waals surface area contributed by atoms with E-state index in [1.807, 2.05) is 33.7 Å². The van der Waals surface area contributed by atoms with Gasteiger partial charge in [-0.05, 0) is 49.2 Å². The summed E-state index contributed by atoms with van der Waals surface area (Å²) in [6.07, 6.45) is 3.91. The van der Waals surface area contributed by atoms with Crippen LogP contribution in [-0.4, -0.2) is 45.1 Å². The van der Waals surface area contributed by atoms with Gasteiger partial charge in [0.2, 0.25) is 0 Å². The zero-order valence-corrected chi connectivity index (χ0v) is 15.0. The predicted molar refractivity (Wildman–Crippen MR) is 98.5 cm³/mol. The van der Waals surface area contributed by atoms with E-state index in [-0.39, 0.29) is 18.4 Å². The molecule has 6 nitrogen and oxygen atoms in total. The van der Waals surface area contributed by atoms with Crippen molar-refractivity contribution in [2.24, 2.45) is 0 Å². The molecule has 0 saturated carbocycles. The Hall–Kier alpha value is -2.60. The summed E-state index contributed by atoms with van der Waals surface area (Å²) in [5.74, 6) is 1.72. The van der Waals surface area contributed by atoms with Crippen LogP contribution in [0.4, 0.5) is 0 Å². The minimum atomic E-state index is -0.0153. The largest absolute Gasteiger partial charge is 0.484 e. The number of carbonyl (C=O) groups is 1. The lowest BCUT2D eigenvalue weighted by molar-refractivity contribution is -0.134. The highest BCUT2D eigenvalue weighted by atomic mass is 35.5. The maximum absolute atomic E-state index is 12.5. The number of fused-ring (bicyclic) bond motifs is 1. The third-order valence-corrected chi connectivity index (χ3v) is 4.91. The molecule has 1 fully saturated rings. The van der Waals surface area contributed by atoms with Gasteiger partial charge < -0.3 is 9.64 Å². The molecule has 1 amide bonds.